The monoisotopic (exact) mass is 517 g/mol. The highest BCUT2D eigenvalue weighted by Gasteiger charge is 2.52. The smallest absolute Gasteiger partial charge is 0.444 e. The number of likely N-dealkylation sites (N-methyl/N-ethyl adjacent to an activating group) is 1. The van der Waals surface area contributed by atoms with Crippen LogP contribution in [0.25, 0.3) is 0 Å². The molecular formula is C26H44BN5O5. The minimum atomic E-state index is -0.649. The van der Waals surface area contributed by atoms with Crippen molar-refractivity contribution in [3.63, 3.8) is 0 Å². The van der Waals surface area contributed by atoms with Crippen LogP contribution in [0.15, 0.2) is 12.4 Å². The number of rotatable bonds is 6. The highest BCUT2D eigenvalue weighted by molar-refractivity contribution is 6.61. The van der Waals surface area contributed by atoms with Crippen molar-refractivity contribution in [3.05, 3.63) is 12.4 Å². The Bertz CT molecular complexity index is 939. The average molecular weight is 517 g/mol. The Morgan fingerprint density at radius 2 is 1.62 bits per heavy atom. The first kappa shape index (κ1) is 29.2. The molecule has 3 heterocycles. The van der Waals surface area contributed by atoms with Crippen molar-refractivity contribution < 1.29 is 23.6 Å². The van der Waals surface area contributed by atoms with E-state index >= 15 is 0 Å². The second kappa shape index (κ2) is 10.8. The summed E-state index contributed by atoms with van der Waals surface area (Å²) in [5, 5.41) is 2.76. The van der Waals surface area contributed by atoms with E-state index < -0.39 is 36.1 Å². The summed E-state index contributed by atoms with van der Waals surface area (Å²) in [5.41, 5.74) is -0.671. The van der Waals surface area contributed by atoms with Crippen molar-refractivity contribution in [3.8, 4) is 0 Å². The first-order chi connectivity index (χ1) is 17.0. The molecule has 3 rings (SSSR count). The lowest BCUT2D eigenvalue weighted by atomic mass is 9.81. The van der Waals surface area contributed by atoms with Crippen molar-refractivity contribution in [1.29, 1.82) is 0 Å². The predicted molar refractivity (Wildman–Crippen MR) is 144 cm³/mol. The van der Waals surface area contributed by atoms with Gasteiger partial charge in [0.1, 0.15) is 11.6 Å². The number of ether oxygens (including phenoxy) is 1. The summed E-state index contributed by atoms with van der Waals surface area (Å²) in [4.78, 5) is 38.6. The molecular weight excluding hydrogens is 473 g/mol. The van der Waals surface area contributed by atoms with Crippen molar-refractivity contribution in [2.24, 2.45) is 5.92 Å². The van der Waals surface area contributed by atoms with E-state index in [1.54, 1.807) is 38.1 Å². The third-order valence-electron chi connectivity index (χ3n) is 7.43. The maximum Gasteiger partial charge on any atom is 0.498 e. The normalized spacial score (nSPS) is 20.6. The molecule has 2 aliphatic heterocycles. The maximum atomic E-state index is 13.3. The second-order valence-corrected chi connectivity index (χ2v) is 12.4. The number of amides is 2. The van der Waals surface area contributed by atoms with E-state index in [1.165, 1.54) is 0 Å². The lowest BCUT2D eigenvalue weighted by molar-refractivity contribution is -0.135. The van der Waals surface area contributed by atoms with Crippen molar-refractivity contribution in [1.82, 2.24) is 20.2 Å². The predicted octanol–water partition coefficient (Wildman–Crippen LogP) is 2.75. The Morgan fingerprint density at radius 3 is 2.08 bits per heavy atom. The molecule has 2 amide bonds. The van der Waals surface area contributed by atoms with Gasteiger partial charge < -0.3 is 29.2 Å². The highest BCUT2D eigenvalue weighted by atomic mass is 16.7. The largest absolute Gasteiger partial charge is 0.498 e. The minimum Gasteiger partial charge on any atom is -0.444 e. The third-order valence-corrected chi connectivity index (χ3v) is 7.43. The Labute approximate surface area is 222 Å². The molecule has 0 aliphatic carbocycles. The van der Waals surface area contributed by atoms with E-state index in [2.05, 4.69) is 20.2 Å². The van der Waals surface area contributed by atoms with Crippen LogP contribution >= 0.6 is 0 Å². The quantitative estimate of drug-likeness (QED) is 0.575. The molecule has 1 atom stereocenters. The first-order valence-electron chi connectivity index (χ1n) is 13.2. The molecule has 11 heteroatoms. The van der Waals surface area contributed by atoms with E-state index in [0.717, 1.165) is 31.4 Å². The number of nitrogens with one attached hydrogen (secondary N) is 1. The van der Waals surface area contributed by atoms with Gasteiger partial charge in [-0.05, 0) is 67.2 Å². The Kier molecular flexibility index (Phi) is 8.49. The molecule has 0 radical (unpaired) electrons. The van der Waals surface area contributed by atoms with Gasteiger partial charge >= 0.3 is 13.2 Å². The van der Waals surface area contributed by atoms with Gasteiger partial charge in [0.25, 0.3) is 0 Å². The molecule has 0 aromatic carbocycles. The molecule has 10 nitrogen and oxygen atoms in total. The molecule has 0 unspecified atom stereocenters. The van der Waals surface area contributed by atoms with Crippen molar-refractivity contribution in [2.75, 3.05) is 25.0 Å². The lowest BCUT2D eigenvalue weighted by Gasteiger charge is -2.38. The highest BCUT2D eigenvalue weighted by Crippen LogP contribution is 2.36. The maximum absolute atomic E-state index is 13.3. The Balaban J connectivity index is 1.56. The number of hydrogen-bond acceptors (Lipinski definition) is 8. The van der Waals surface area contributed by atoms with Crippen LogP contribution < -0.4 is 15.7 Å². The van der Waals surface area contributed by atoms with Crippen LogP contribution in [0.5, 0.6) is 0 Å². The molecule has 0 bridgehead atoms. The van der Waals surface area contributed by atoms with Gasteiger partial charge in [-0.15, -0.1) is 0 Å². The van der Waals surface area contributed by atoms with Crippen LogP contribution in [-0.2, 0) is 18.8 Å². The van der Waals surface area contributed by atoms with Crippen LogP contribution in [0.2, 0.25) is 0 Å². The summed E-state index contributed by atoms with van der Waals surface area (Å²) < 4.78 is 17.6. The minimum absolute atomic E-state index is 0.0643. The molecule has 0 spiro atoms. The zero-order valence-electron chi connectivity index (χ0n) is 24.1. The lowest BCUT2D eigenvalue weighted by Crippen LogP contribution is -2.55. The number of aromatic nitrogens is 2. The summed E-state index contributed by atoms with van der Waals surface area (Å²) >= 11 is 0. The van der Waals surface area contributed by atoms with Gasteiger partial charge in [-0.25, -0.2) is 14.8 Å². The average Bonchev–Trinajstić information content (AvgIpc) is 3.02. The van der Waals surface area contributed by atoms with Crippen LogP contribution in [0.1, 0.15) is 75.2 Å². The number of alkyl carbamates (subject to hydrolysis) is 1. The molecule has 37 heavy (non-hydrogen) atoms. The first-order valence-corrected chi connectivity index (χ1v) is 13.2. The summed E-state index contributed by atoms with van der Waals surface area (Å²) in [5.74, 6) is 0.472. The molecule has 2 aliphatic rings. The van der Waals surface area contributed by atoms with Crippen LogP contribution in [0.3, 0.4) is 0 Å². The number of carbonyl (C=O) groups excluding carboxylic acids is 2. The van der Waals surface area contributed by atoms with E-state index in [0.29, 0.717) is 5.95 Å². The van der Waals surface area contributed by atoms with Gasteiger partial charge in [0.05, 0.1) is 11.2 Å². The number of nitrogens with zero attached hydrogens (tertiary/aromatic N) is 4. The van der Waals surface area contributed by atoms with Gasteiger partial charge in [-0.2, -0.15) is 0 Å². The number of hydrogen-bond donors (Lipinski definition) is 1. The fraction of sp³-hybridized carbons (Fsp3) is 0.769. The Hall–Kier alpha value is -2.40. The molecule has 2 fully saturated rings. The van der Waals surface area contributed by atoms with E-state index in [1.807, 2.05) is 48.6 Å². The zero-order valence-corrected chi connectivity index (χ0v) is 24.1. The van der Waals surface area contributed by atoms with Gasteiger partial charge in [-0.3, -0.25) is 4.79 Å². The molecule has 206 valence electrons. The van der Waals surface area contributed by atoms with Gasteiger partial charge in [0.15, 0.2) is 0 Å². The number of anilines is 1. The standard InChI is InChI=1S/C26H44BN5O5/c1-17(2)20(30-23(34)35-24(3,4)5)21(33)31(10)19-11-13-32(14-12-19)22-28-15-18(16-29-22)27-36-25(6,7)26(8,9)37-27/h15-17,19-20H,11-14H2,1-10H3,(H,30,34)/t20-/m1/s1. The SMILES string of the molecule is CC(C)[C@@H](NC(=O)OC(C)(C)C)C(=O)N(C)C1CCN(c2ncc(B3OC(C)(C)C(C)(C)O3)cn2)CC1. The molecule has 1 N–H and O–H groups in total. The van der Waals surface area contributed by atoms with E-state index in [-0.39, 0.29) is 17.9 Å². The van der Waals surface area contributed by atoms with E-state index in [4.69, 9.17) is 14.0 Å². The summed E-state index contributed by atoms with van der Waals surface area (Å²) in [6.45, 7) is 18.8. The summed E-state index contributed by atoms with van der Waals surface area (Å²) in [7, 11) is 1.32. The molecule has 1 aromatic rings. The second-order valence-electron chi connectivity index (χ2n) is 12.4. The van der Waals surface area contributed by atoms with E-state index in [9.17, 15) is 9.59 Å². The summed E-state index contributed by atoms with van der Waals surface area (Å²) in [6.07, 6.45) is 4.51. The van der Waals surface area contributed by atoms with Crippen LogP contribution in [0, 0.1) is 5.92 Å². The Morgan fingerprint density at radius 1 is 1.11 bits per heavy atom. The van der Waals surface area contributed by atoms with Crippen molar-refractivity contribution in [2.45, 2.75) is 104 Å². The van der Waals surface area contributed by atoms with Gasteiger partial charge in [0, 0.05) is 44.0 Å². The fourth-order valence-corrected chi connectivity index (χ4v) is 4.40. The third kappa shape index (κ3) is 6.93. The van der Waals surface area contributed by atoms with Gasteiger partial charge in [-0.1, -0.05) is 13.8 Å². The van der Waals surface area contributed by atoms with Gasteiger partial charge in [0.2, 0.25) is 11.9 Å². The fourth-order valence-electron chi connectivity index (χ4n) is 4.40. The zero-order chi connectivity index (χ0) is 27.8. The summed E-state index contributed by atoms with van der Waals surface area (Å²) in [6, 6.07) is -0.585. The topological polar surface area (TPSA) is 106 Å². The van der Waals surface area contributed by atoms with Crippen molar-refractivity contribution >= 4 is 30.5 Å². The molecule has 2 saturated heterocycles. The molecule has 0 saturated carbocycles. The molecule has 1 aromatic heterocycles. The van der Waals surface area contributed by atoms with Crippen LogP contribution in [-0.4, -0.2) is 83.0 Å². The van der Waals surface area contributed by atoms with Crippen LogP contribution in [0.4, 0.5) is 10.7 Å². The number of piperidine rings is 1. The number of carbonyl (C=O) groups is 2.